The number of fused-ring (bicyclic) bond motifs is 1. The van der Waals surface area contributed by atoms with Gasteiger partial charge in [0.15, 0.2) is 5.78 Å². The number of carbonyl (C=O) groups is 1. The second-order valence-corrected chi connectivity index (χ2v) is 5.02. The van der Waals surface area contributed by atoms with E-state index >= 15 is 0 Å². The number of hydrogen-bond donors (Lipinski definition) is 0. The van der Waals surface area contributed by atoms with Gasteiger partial charge < -0.3 is 0 Å². The largest absolute Gasteiger partial charge is 0.289 e. The van der Waals surface area contributed by atoms with Crippen LogP contribution >= 0.6 is 0 Å². The van der Waals surface area contributed by atoms with Gasteiger partial charge in [0, 0.05) is 5.56 Å². The Hall–Kier alpha value is -1.37. The lowest BCUT2D eigenvalue weighted by Crippen LogP contribution is -2.05. The minimum atomic E-state index is 0.199. The van der Waals surface area contributed by atoms with Crippen molar-refractivity contribution in [2.45, 2.75) is 26.2 Å². The number of rotatable bonds is 1. The Morgan fingerprint density at radius 2 is 1.88 bits per heavy atom. The molecule has 0 saturated heterocycles. The summed E-state index contributed by atoms with van der Waals surface area (Å²) in [5.74, 6) is 1.53. The summed E-state index contributed by atoms with van der Waals surface area (Å²) in [7, 11) is 0. The third-order valence-electron chi connectivity index (χ3n) is 4.05. The highest BCUT2D eigenvalue weighted by Gasteiger charge is 2.32. The van der Waals surface area contributed by atoms with Gasteiger partial charge in [-0.15, -0.1) is 0 Å². The van der Waals surface area contributed by atoms with Gasteiger partial charge in [0.2, 0.25) is 0 Å². The molecule has 1 nitrogen and oxygen atoms in total. The molecule has 1 aromatic carbocycles. The van der Waals surface area contributed by atoms with Crippen molar-refractivity contribution in [1.29, 1.82) is 0 Å². The summed E-state index contributed by atoms with van der Waals surface area (Å²) in [4.78, 5) is 11.9. The summed E-state index contributed by atoms with van der Waals surface area (Å²) in [5.41, 5.74) is 3.38. The molecule has 3 rings (SSSR count). The first-order valence-corrected chi connectivity index (χ1v) is 6.12. The number of allylic oxidation sites excluding steroid dienone is 2. The minimum absolute atomic E-state index is 0.199. The van der Waals surface area contributed by atoms with Crippen LogP contribution in [0.3, 0.4) is 0 Å². The number of hydrogen-bond acceptors (Lipinski definition) is 1. The second-order valence-electron chi connectivity index (χ2n) is 5.02. The zero-order chi connectivity index (χ0) is 11.1. The predicted octanol–water partition coefficient (Wildman–Crippen LogP) is 3.70. The summed E-state index contributed by atoms with van der Waals surface area (Å²) in [6.45, 7) is 2.31. The monoisotopic (exact) mass is 212 g/mol. The lowest BCUT2D eigenvalue weighted by atomic mass is 9.87. The first kappa shape index (κ1) is 9.83. The van der Waals surface area contributed by atoms with Gasteiger partial charge >= 0.3 is 0 Å². The van der Waals surface area contributed by atoms with Crippen LogP contribution in [0.5, 0.6) is 0 Å². The standard InChI is InChI=1S/C15H16O/c1-10-5-4-8-11(10)14-9-15(16)13-7-3-2-6-12(13)14/h2-3,6-7,9-11H,4-5,8H2,1H3. The maximum absolute atomic E-state index is 11.9. The molecule has 0 amide bonds. The Balaban J connectivity index is 2.04. The van der Waals surface area contributed by atoms with E-state index in [1.54, 1.807) is 0 Å². The summed E-state index contributed by atoms with van der Waals surface area (Å²) < 4.78 is 0. The molecular weight excluding hydrogens is 196 g/mol. The van der Waals surface area contributed by atoms with Gasteiger partial charge in [-0.3, -0.25) is 4.79 Å². The van der Waals surface area contributed by atoms with E-state index in [0.29, 0.717) is 5.92 Å². The summed E-state index contributed by atoms with van der Waals surface area (Å²) in [5, 5.41) is 0. The molecule has 1 aromatic rings. The van der Waals surface area contributed by atoms with Crippen LogP contribution in [0.25, 0.3) is 5.57 Å². The van der Waals surface area contributed by atoms with E-state index in [0.717, 1.165) is 11.5 Å². The van der Waals surface area contributed by atoms with Crippen molar-refractivity contribution in [3.63, 3.8) is 0 Å². The van der Waals surface area contributed by atoms with Crippen LogP contribution in [0.15, 0.2) is 30.3 Å². The Morgan fingerprint density at radius 1 is 1.12 bits per heavy atom. The maximum atomic E-state index is 11.9. The number of ketones is 1. The molecule has 0 radical (unpaired) electrons. The Morgan fingerprint density at radius 3 is 2.56 bits per heavy atom. The fourth-order valence-corrected chi connectivity index (χ4v) is 3.16. The fourth-order valence-electron chi connectivity index (χ4n) is 3.16. The van der Waals surface area contributed by atoms with Crippen LogP contribution in [-0.4, -0.2) is 5.78 Å². The highest BCUT2D eigenvalue weighted by atomic mass is 16.1. The topological polar surface area (TPSA) is 17.1 Å². The van der Waals surface area contributed by atoms with Crippen molar-refractivity contribution in [2.24, 2.45) is 11.8 Å². The average Bonchev–Trinajstić information content (AvgIpc) is 2.84. The average molecular weight is 212 g/mol. The molecule has 2 unspecified atom stereocenters. The van der Waals surface area contributed by atoms with Crippen LogP contribution in [0, 0.1) is 11.8 Å². The predicted molar refractivity (Wildman–Crippen MR) is 65.3 cm³/mol. The van der Waals surface area contributed by atoms with Gasteiger partial charge in [0.1, 0.15) is 0 Å². The molecule has 2 atom stereocenters. The van der Waals surface area contributed by atoms with Crippen molar-refractivity contribution in [2.75, 3.05) is 0 Å². The van der Waals surface area contributed by atoms with Crippen molar-refractivity contribution in [1.82, 2.24) is 0 Å². The molecule has 0 N–H and O–H groups in total. The summed E-state index contributed by atoms with van der Waals surface area (Å²) in [6.07, 6.45) is 5.73. The Labute approximate surface area is 96.2 Å². The SMILES string of the molecule is CC1CCCC1C1=CC(=O)c2ccccc21. The molecule has 0 bridgehead atoms. The molecule has 0 aliphatic heterocycles. The van der Waals surface area contributed by atoms with Gasteiger partial charge in [0.05, 0.1) is 0 Å². The molecule has 0 spiro atoms. The third-order valence-corrected chi connectivity index (χ3v) is 4.05. The van der Waals surface area contributed by atoms with E-state index in [1.807, 2.05) is 24.3 Å². The number of carbonyl (C=O) groups excluding carboxylic acids is 1. The van der Waals surface area contributed by atoms with Crippen molar-refractivity contribution in [3.05, 3.63) is 41.5 Å². The van der Waals surface area contributed by atoms with E-state index in [4.69, 9.17) is 0 Å². The quantitative estimate of drug-likeness (QED) is 0.693. The lowest BCUT2D eigenvalue weighted by molar-refractivity contribution is 0.105. The lowest BCUT2D eigenvalue weighted by Gasteiger charge is -2.17. The van der Waals surface area contributed by atoms with E-state index in [9.17, 15) is 4.79 Å². The molecule has 1 fully saturated rings. The van der Waals surface area contributed by atoms with Crippen molar-refractivity contribution < 1.29 is 4.79 Å². The summed E-state index contributed by atoms with van der Waals surface area (Å²) >= 11 is 0. The molecule has 0 heterocycles. The second kappa shape index (κ2) is 3.58. The molecular formula is C15H16O. The van der Waals surface area contributed by atoms with Gasteiger partial charge in [0.25, 0.3) is 0 Å². The molecule has 1 heteroatoms. The van der Waals surface area contributed by atoms with Crippen LogP contribution in [0.1, 0.15) is 42.1 Å². The normalized spacial score (nSPS) is 28.1. The van der Waals surface area contributed by atoms with Crippen molar-refractivity contribution >= 4 is 11.4 Å². The van der Waals surface area contributed by atoms with E-state index in [2.05, 4.69) is 13.0 Å². The molecule has 1 saturated carbocycles. The van der Waals surface area contributed by atoms with E-state index in [1.165, 1.54) is 30.4 Å². The van der Waals surface area contributed by atoms with Crippen LogP contribution in [0.2, 0.25) is 0 Å². The molecule has 2 aliphatic carbocycles. The highest BCUT2D eigenvalue weighted by Crippen LogP contribution is 2.43. The van der Waals surface area contributed by atoms with Gasteiger partial charge in [-0.2, -0.15) is 0 Å². The Bertz CT molecular complexity index is 470. The van der Waals surface area contributed by atoms with Crippen molar-refractivity contribution in [3.8, 4) is 0 Å². The van der Waals surface area contributed by atoms with Crippen LogP contribution in [-0.2, 0) is 0 Å². The molecule has 0 aromatic heterocycles. The number of benzene rings is 1. The first-order chi connectivity index (χ1) is 7.77. The minimum Gasteiger partial charge on any atom is -0.289 e. The molecule has 2 aliphatic rings. The van der Waals surface area contributed by atoms with Gasteiger partial charge in [-0.05, 0) is 35.5 Å². The van der Waals surface area contributed by atoms with Crippen LogP contribution < -0.4 is 0 Å². The van der Waals surface area contributed by atoms with E-state index in [-0.39, 0.29) is 5.78 Å². The fraction of sp³-hybridized carbons (Fsp3) is 0.400. The zero-order valence-electron chi connectivity index (χ0n) is 9.57. The molecule has 82 valence electrons. The summed E-state index contributed by atoms with van der Waals surface area (Å²) in [6, 6.07) is 8.02. The van der Waals surface area contributed by atoms with Gasteiger partial charge in [-0.25, -0.2) is 0 Å². The van der Waals surface area contributed by atoms with Gasteiger partial charge in [-0.1, -0.05) is 44.0 Å². The maximum Gasteiger partial charge on any atom is 0.186 e. The Kier molecular flexibility index (Phi) is 2.20. The molecule has 16 heavy (non-hydrogen) atoms. The third kappa shape index (κ3) is 1.35. The zero-order valence-corrected chi connectivity index (χ0v) is 9.57. The first-order valence-electron chi connectivity index (χ1n) is 6.12. The smallest absolute Gasteiger partial charge is 0.186 e. The van der Waals surface area contributed by atoms with E-state index < -0.39 is 0 Å². The highest BCUT2D eigenvalue weighted by molar-refractivity contribution is 6.16. The van der Waals surface area contributed by atoms with Crippen LogP contribution in [0.4, 0.5) is 0 Å².